The van der Waals surface area contributed by atoms with Gasteiger partial charge in [0.2, 0.25) is 0 Å². The van der Waals surface area contributed by atoms with Crippen LogP contribution in [-0.2, 0) is 16.3 Å². The van der Waals surface area contributed by atoms with Gasteiger partial charge in [-0.05, 0) is 30.4 Å². The van der Waals surface area contributed by atoms with E-state index in [4.69, 9.17) is 5.84 Å². The Hall–Kier alpha value is -0.910. The highest BCUT2D eigenvalue weighted by atomic mass is 32.2. The molecule has 4 nitrogen and oxygen atoms in total. The first kappa shape index (κ1) is 15.1. The van der Waals surface area contributed by atoms with Crippen LogP contribution in [0.2, 0.25) is 0 Å². The smallest absolute Gasteiger partial charge is 0.147 e. The van der Waals surface area contributed by atoms with E-state index in [1.54, 1.807) is 0 Å². The molecule has 0 saturated heterocycles. The number of nitrogens with one attached hydrogen (secondary N) is 1. The topological polar surface area (TPSA) is 72.2 Å². The third-order valence-corrected chi connectivity index (χ3v) is 4.03. The van der Waals surface area contributed by atoms with E-state index in [9.17, 15) is 8.42 Å². The second-order valence-corrected chi connectivity index (χ2v) is 6.85. The van der Waals surface area contributed by atoms with Crippen LogP contribution in [0.4, 0.5) is 0 Å². The van der Waals surface area contributed by atoms with Crippen molar-refractivity contribution in [1.82, 2.24) is 5.43 Å². The summed E-state index contributed by atoms with van der Waals surface area (Å²) in [6.07, 6.45) is 3.60. The van der Waals surface area contributed by atoms with Gasteiger partial charge in [0, 0.05) is 18.1 Å². The van der Waals surface area contributed by atoms with Crippen molar-refractivity contribution in [1.29, 1.82) is 0 Å². The molecule has 0 amide bonds. The average molecular weight is 270 g/mol. The number of sulfone groups is 1. The molecule has 0 saturated carbocycles. The Morgan fingerprint density at radius 1 is 1.28 bits per heavy atom. The third kappa shape index (κ3) is 5.16. The SMILES string of the molecule is CCc1ccc(C(CCCS(C)(=O)=O)NN)cc1. The van der Waals surface area contributed by atoms with Crippen molar-refractivity contribution >= 4 is 9.84 Å². The lowest BCUT2D eigenvalue weighted by Crippen LogP contribution is -2.28. The normalized spacial score (nSPS) is 13.5. The quantitative estimate of drug-likeness (QED) is 0.583. The summed E-state index contributed by atoms with van der Waals surface area (Å²) in [7, 11) is -2.89. The number of nitrogens with two attached hydrogens (primary N) is 1. The Labute approximate surface area is 109 Å². The Balaban J connectivity index is 2.59. The fourth-order valence-electron chi connectivity index (χ4n) is 1.88. The van der Waals surface area contributed by atoms with Crippen molar-refractivity contribution in [3.63, 3.8) is 0 Å². The van der Waals surface area contributed by atoms with E-state index in [0.717, 1.165) is 18.4 Å². The molecule has 0 aliphatic rings. The molecule has 0 bridgehead atoms. The second kappa shape index (κ2) is 6.87. The molecule has 0 aromatic heterocycles. The van der Waals surface area contributed by atoms with Crippen LogP contribution < -0.4 is 11.3 Å². The molecule has 0 aliphatic heterocycles. The molecule has 1 aromatic carbocycles. The van der Waals surface area contributed by atoms with Crippen LogP contribution >= 0.6 is 0 Å². The van der Waals surface area contributed by atoms with Crippen LogP contribution in [-0.4, -0.2) is 20.4 Å². The van der Waals surface area contributed by atoms with E-state index in [1.807, 2.05) is 12.1 Å². The number of hydrogen-bond donors (Lipinski definition) is 2. The molecular weight excluding hydrogens is 248 g/mol. The first-order chi connectivity index (χ1) is 8.46. The van der Waals surface area contributed by atoms with Gasteiger partial charge in [-0.2, -0.15) is 0 Å². The zero-order valence-corrected chi connectivity index (χ0v) is 11.8. The molecule has 0 aliphatic carbocycles. The van der Waals surface area contributed by atoms with Gasteiger partial charge in [-0.15, -0.1) is 0 Å². The van der Waals surface area contributed by atoms with Gasteiger partial charge < -0.3 is 0 Å². The Morgan fingerprint density at radius 2 is 1.89 bits per heavy atom. The molecule has 0 spiro atoms. The minimum Gasteiger partial charge on any atom is -0.271 e. The summed E-state index contributed by atoms with van der Waals surface area (Å²) in [6.45, 7) is 2.11. The van der Waals surface area contributed by atoms with Crippen molar-refractivity contribution in [3.05, 3.63) is 35.4 Å². The summed E-state index contributed by atoms with van der Waals surface area (Å²) in [4.78, 5) is 0. The van der Waals surface area contributed by atoms with Crippen molar-refractivity contribution in [2.24, 2.45) is 5.84 Å². The predicted molar refractivity (Wildman–Crippen MR) is 74.8 cm³/mol. The lowest BCUT2D eigenvalue weighted by atomic mass is 10.0. The minimum atomic E-state index is -2.89. The van der Waals surface area contributed by atoms with E-state index >= 15 is 0 Å². The molecule has 1 aromatic rings. The van der Waals surface area contributed by atoms with Gasteiger partial charge in [-0.3, -0.25) is 11.3 Å². The number of benzene rings is 1. The monoisotopic (exact) mass is 270 g/mol. The van der Waals surface area contributed by atoms with E-state index in [1.165, 1.54) is 11.8 Å². The fraction of sp³-hybridized carbons (Fsp3) is 0.538. The van der Waals surface area contributed by atoms with Crippen molar-refractivity contribution in [2.75, 3.05) is 12.0 Å². The van der Waals surface area contributed by atoms with E-state index in [2.05, 4.69) is 24.5 Å². The van der Waals surface area contributed by atoms with Gasteiger partial charge in [-0.25, -0.2) is 8.42 Å². The highest BCUT2D eigenvalue weighted by Crippen LogP contribution is 2.18. The molecular formula is C13H22N2O2S. The zero-order valence-electron chi connectivity index (χ0n) is 11.0. The summed E-state index contributed by atoms with van der Waals surface area (Å²) in [5.74, 6) is 5.73. The van der Waals surface area contributed by atoms with Crippen LogP contribution in [0.5, 0.6) is 0 Å². The van der Waals surface area contributed by atoms with E-state index in [-0.39, 0.29) is 11.8 Å². The van der Waals surface area contributed by atoms with Gasteiger partial charge in [0.05, 0.1) is 0 Å². The van der Waals surface area contributed by atoms with Crippen LogP contribution in [0.15, 0.2) is 24.3 Å². The molecule has 0 radical (unpaired) electrons. The van der Waals surface area contributed by atoms with Gasteiger partial charge in [-0.1, -0.05) is 31.2 Å². The van der Waals surface area contributed by atoms with Crippen molar-refractivity contribution in [3.8, 4) is 0 Å². The first-order valence-electron chi connectivity index (χ1n) is 6.19. The van der Waals surface area contributed by atoms with E-state index < -0.39 is 9.84 Å². The lowest BCUT2D eigenvalue weighted by molar-refractivity contribution is 0.507. The molecule has 5 heteroatoms. The van der Waals surface area contributed by atoms with Crippen molar-refractivity contribution < 1.29 is 8.42 Å². The van der Waals surface area contributed by atoms with Crippen LogP contribution in [0.3, 0.4) is 0 Å². The molecule has 1 unspecified atom stereocenters. The first-order valence-corrected chi connectivity index (χ1v) is 8.25. The minimum absolute atomic E-state index is 0.0117. The molecule has 0 fully saturated rings. The molecule has 102 valence electrons. The third-order valence-electron chi connectivity index (χ3n) is 3.00. The maximum absolute atomic E-state index is 11.1. The van der Waals surface area contributed by atoms with Crippen LogP contribution in [0.1, 0.15) is 36.9 Å². The van der Waals surface area contributed by atoms with Crippen LogP contribution in [0, 0.1) is 0 Å². The van der Waals surface area contributed by atoms with Gasteiger partial charge in [0.1, 0.15) is 9.84 Å². The molecule has 1 atom stereocenters. The summed E-state index contributed by atoms with van der Waals surface area (Å²) in [5, 5.41) is 0. The maximum Gasteiger partial charge on any atom is 0.147 e. The highest BCUT2D eigenvalue weighted by Gasteiger charge is 2.11. The Bertz CT molecular complexity index is 454. The maximum atomic E-state index is 11.1. The summed E-state index contributed by atoms with van der Waals surface area (Å²) < 4.78 is 22.1. The summed E-state index contributed by atoms with van der Waals surface area (Å²) in [6, 6.07) is 8.26. The largest absolute Gasteiger partial charge is 0.271 e. The molecule has 0 heterocycles. The number of hydrogen-bond acceptors (Lipinski definition) is 4. The summed E-state index contributed by atoms with van der Waals surface area (Å²) in [5.41, 5.74) is 5.13. The summed E-state index contributed by atoms with van der Waals surface area (Å²) >= 11 is 0. The second-order valence-electron chi connectivity index (χ2n) is 4.59. The highest BCUT2D eigenvalue weighted by molar-refractivity contribution is 7.90. The standard InChI is InChI=1S/C13H22N2O2S/c1-3-11-6-8-12(9-7-11)13(15-14)5-4-10-18(2,16)17/h6-9,13,15H,3-5,10,14H2,1-2H3. The zero-order chi connectivity index (χ0) is 13.6. The van der Waals surface area contributed by atoms with E-state index in [0.29, 0.717) is 6.42 Å². The average Bonchev–Trinajstić information content (AvgIpc) is 2.34. The number of hydrazine groups is 1. The fourth-order valence-corrected chi connectivity index (χ4v) is 2.57. The van der Waals surface area contributed by atoms with Crippen LogP contribution in [0.25, 0.3) is 0 Å². The van der Waals surface area contributed by atoms with Crippen molar-refractivity contribution in [2.45, 2.75) is 32.2 Å². The molecule has 1 rings (SSSR count). The lowest BCUT2D eigenvalue weighted by Gasteiger charge is -2.16. The Morgan fingerprint density at radius 3 is 2.33 bits per heavy atom. The van der Waals surface area contributed by atoms with Gasteiger partial charge in [0.15, 0.2) is 0 Å². The molecule has 18 heavy (non-hydrogen) atoms. The number of rotatable bonds is 7. The molecule has 3 N–H and O–H groups in total. The predicted octanol–water partition coefficient (Wildman–Crippen LogP) is 1.58. The van der Waals surface area contributed by atoms with Gasteiger partial charge in [0.25, 0.3) is 0 Å². The van der Waals surface area contributed by atoms with Gasteiger partial charge >= 0.3 is 0 Å². The number of aryl methyl sites for hydroxylation is 1. The Kier molecular flexibility index (Phi) is 5.78.